The number of aromatic nitrogens is 1. The van der Waals surface area contributed by atoms with Crippen LogP contribution in [0.4, 0.5) is 9.59 Å². The molecule has 0 radical (unpaired) electrons. The highest BCUT2D eigenvalue weighted by Gasteiger charge is 2.44. The van der Waals surface area contributed by atoms with Gasteiger partial charge in [-0.05, 0) is 48.4 Å². The van der Waals surface area contributed by atoms with E-state index in [9.17, 15) is 19.5 Å². The van der Waals surface area contributed by atoms with Gasteiger partial charge in [-0.1, -0.05) is 81.4 Å². The largest absolute Gasteiger partial charge is 0.450 e. The number of pyridine rings is 1. The van der Waals surface area contributed by atoms with Gasteiger partial charge in [0.25, 0.3) is 5.91 Å². The van der Waals surface area contributed by atoms with Crippen molar-refractivity contribution in [1.29, 1.82) is 0 Å². The predicted octanol–water partition coefficient (Wildman–Crippen LogP) is 4.20. The minimum absolute atomic E-state index is 0.0398. The van der Waals surface area contributed by atoms with Crippen LogP contribution in [0.15, 0.2) is 79.0 Å². The third-order valence-electron chi connectivity index (χ3n) is 8.94. The molecule has 6 atom stereocenters. The van der Waals surface area contributed by atoms with Crippen LogP contribution >= 0.6 is 0 Å². The van der Waals surface area contributed by atoms with Crippen LogP contribution in [0, 0.1) is 11.3 Å². The van der Waals surface area contributed by atoms with Crippen LogP contribution in [0.1, 0.15) is 45.2 Å². The molecule has 4 N–H and O–H groups in total. The van der Waals surface area contributed by atoms with E-state index in [1.54, 1.807) is 18.1 Å². The first-order chi connectivity index (χ1) is 24.5. The standard InChI is InChI=1S/C38H49N5O8/c1-5-48-36(46)41-33(38(2,3)4)34(45)42-43(22-26-14-16-27(17-15-26)29-13-9-10-19-39-29)23-31(44)30(21-25-11-7-6-8-12-25)40-37(47)51-32-24-50-35-28(32)18-20-49-35/h6-17,19,28,30-33,35,44H,5,18,20-24H2,1-4H3,(H,40,47)(H,41,46)(H,42,45). The molecule has 0 aliphatic carbocycles. The summed E-state index contributed by atoms with van der Waals surface area (Å²) in [5.74, 6) is -0.531. The van der Waals surface area contributed by atoms with Crippen LogP contribution in [0.3, 0.4) is 0 Å². The fourth-order valence-electron chi connectivity index (χ4n) is 6.25. The molecule has 6 unspecified atom stereocenters. The molecule has 5 rings (SSSR count). The molecular weight excluding hydrogens is 654 g/mol. The fraction of sp³-hybridized carbons (Fsp3) is 0.474. The average molecular weight is 704 g/mol. The Morgan fingerprint density at radius 1 is 0.961 bits per heavy atom. The zero-order valence-electron chi connectivity index (χ0n) is 29.6. The highest BCUT2D eigenvalue weighted by molar-refractivity contribution is 5.86. The number of hydrogen-bond donors (Lipinski definition) is 4. The number of carbonyl (C=O) groups is 3. The first kappa shape index (κ1) is 37.7. The monoisotopic (exact) mass is 703 g/mol. The Hall–Kier alpha value is -4.56. The van der Waals surface area contributed by atoms with Crippen molar-refractivity contribution < 1.29 is 38.4 Å². The van der Waals surface area contributed by atoms with Crippen molar-refractivity contribution in [2.45, 2.75) is 77.7 Å². The highest BCUT2D eigenvalue weighted by atomic mass is 16.7. The second-order valence-corrected chi connectivity index (χ2v) is 13.9. The van der Waals surface area contributed by atoms with Crippen molar-refractivity contribution in [2.24, 2.45) is 11.3 Å². The molecule has 13 heteroatoms. The highest BCUT2D eigenvalue weighted by Crippen LogP contribution is 2.33. The minimum atomic E-state index is -1.17. The van der Waals surface area contributed by atoms with Gasteiger partial charge >= 0.3 is 12.2 Å². The Labute approximate surface area is 299 Å². The quantitative estimate of drug-likeness (QED) is 0.179. The van der Waals surface area contributed by atoms with E-state index < -0.39 is 47.8 Å². The normalized spacial score (nSPS) is 20.2. The lowest BCUT2D eigenvalue weighted by Crippen LogP contribution is -2.59. The van der Waals surface area contributed by atoms with E-state index in [0.29, 0.717) is 13.0 Å². The number of nitrogens with one attached hydrogen (secondary N) is 3. The summed E-state index contributed by atoms with van der Waals surface area (Å²) < 4.78 is 22.0. The fourth-order valence-corrected chi connectivity index (χ4v) is 6.25. The molecule has 2 aliphatic heterocycles. The second kappa shape index (κ2) is 17.6. The summed E-state index contributed by atoms with van der Waals surface area (Å²) in [5, 5.41) is 18.9. The molecule has 2 saturated heterocycles. The van der Waals surface area contributed by atoms with Crippen LogP contribution < -0.4 is 16.1 Å². The average Bonchev–Trinajstić information content (AvgIpc) is 3.73. The van der Waals surface area contributed by atoms with E-state index in [2.05, 4.69) is 21.0 Å². The first-order valence-corrected chi connectivity index (χ1v) is 17.4. The van der Waals surface area contributed by atoms with Crippen molar-refractivity contribution in [3.05, 3.63) is 90.1 Å². The molecule has 0 spiro atoms. The molecule has 2 fully saturated rings. The number of benzene rings is 2. The van der Waals surface area contributed by atoms with Crippen molar-refractivity contribution in [3.8, 4) is 11.3 Å². The van der Waals surface area contributed by atoms with Gasteiger partial charge in [0.2, 0.25) is 0 Å². The summed E-state index contributed by atoms with van der Waals surface area (Å²) in [4.78, 5) is 44.0. The maximum absolute atomic E-state index is 13.8. The number of hydrogen-bond acceptors (Lipinski definition) is 10. The lowest BCUT2D eigenvalue weighted by atomic mass is 9.86. The molecule has 1 aromatic heterocycles. The van der Waals surface area contributed by atoms with Crippen molar-refractivity contribution in [1.82, 2.24) is 26.1 Å². The summed E-state index contributed by atoms with van der Waals surface area (Å²) in [7, 11) is 0. The van der Waals surface area contributed by atoms with Gasteiger partial charge in [-0.15, -0.1) is 0 Å². The third-order valence-corrected chi connectivity index (χ3v) is 8.94. The Bertz CT molecular complexity index is 1570. The van der Waals surface area contributed by atoms with Crippen LogP contribution in [-0.4, -0.2) is 90.1 Å². The number of aliphatic hydroxyl groups is 1. The molecular formula is C38H49N5O8. The molecule has 13 nitrogen and oxygen atoms in total. The van der Waals surface area contributed by atoms with Gasteiger partial charge < -0.3 is 34.7 Å². The number of alkyl carbamates (subject to hydrolysis) is 2. The lowest BCUT2D eigenvalue weighted by molar-refractivity contribution is -0.131. The molecule has 51 heavy (non-hydrogen) atoms. The van der Waals surface area contributed by atoms with E-state index >= 15 is 0 Å². The van der Waals surface area contributed by atoms with Gasteiger partial charge in [0.05, 0.1) is 43.6 Å². The van der Waals surface area contributed by atoms with Crippen molar-refractivity contribution >= 4 is 18.1 Å². The number of fused-ring (bicyclic) bond motifs is 1. The van der Waals surface area contributed by atoms with Crippen LogP contribution in [0.2, 0.25) is 0 Å². The van der Waals surface area contributed by atoms with Crippen molar-refractivity contribution in [3.63, 3.8) is 0 Å². The summed E-state index contributed by atoms with van der Waals surface area (Å²) in [6, 6.07) is 21.2. The number of ether oxygens (including phenoxy) is 4. The molecule has 3 aromatic rings. The maximum atomic E-state index is 13.8. The molecule has 2 aliphatic rings. The zero-order valence-corrected chi connectivity index (χ0v) is 29.6. The van der Waals surface area contributed by atoms with Crippen LogP contribution in [-0.2, 0) is 36.7 Å². The smallest absolute Gasteiger partial charge is 0.407 e. The van der Waals surface area contributed by atoms with Gasteiger partial charge in [0, 0.05) is 24.8 Å². The van der Waals surface area contributed by atoms with E-state index in [-0.39, 0.29) is 38.5 Å². The summed E-state index contributed by atoms with van der Waals surface area (Å²) in [6.45, 7) is 8.25. The topological polar surface area (TPSA) is 161 Å². The van der Waals surface area contributed by atoms with Gasteiger partial charge in [0.1, 0.15) is 12.1 Å². The zero-order chi connectivity index (χ0) is 36.4. The minimum Gasteiger partial charge on any atom is -0.450 e. The van der Waals surface area contributed by atoms with Gasteiger partial charge in [0.15, 0.2) is 6.29 Å². The summed E-state index contributed by atoms with van der Waals surface area (Å²) in [5.41, 5.74) is 5.73. The number of aliphatic hydroxyl groups excluding tert-OH is 1. The lowest BCUT2D eigenvalue weighted by Gasteiger charge is -2.34. The predicted molar refractivity (Wildman–Crippen MR) is 189 cm³/mol. The van der Waals surface area contributed by atoms with Gasteiger partial charge in [-0.25, -0.2) is 14.6 Å². The molecule has 0 bridgehead atoms. The SMILES string of the molecule is CCOC(=O)NC(C(=O)NN(Cc1ccc(-c2ccccn2)cc1)CC(O)C(Cc1ccccc1)NC(=O)OC1COC2OCCC12)C(C)(C)C. The third kappa shape index (κ3) is 10.7. The molecule has 274 valence electrons. The van der Waals surface area contributed by atoms with Crippen molar-refractivity contribution in [2.75, 3.05) is 26.4 Å². The van der Waals surface area contributed by atoms with Crippen LogP contribution in [0.25, 0.3) is 11.3 Å². The second-order valence-electron chi connectivity index (χ2n) is 13.9. The number of carbonyl (C=O) groups excluding carboxylic acids is 3. The number of amides is 3. The summed E-state index contributed by atoms with van der Waals surface area (Å²) >= 11 is 0. The Kier molecular flexibility index (Phi) is 13.0. The Morgan fingerprint density at radius 2 is 1.71 bits per heavy atom. The van der Waals surface area contributed by atoms with E-state index in [4.69, 9.17) is 18.9 Å². The first-order valence-electron chi connectivity index (χ1n) is 17.4. The van der Waals surface area contributed by atoms with E-state index in [0.717, 1.165) is 28.8 Å². The molecule has 2 aromatic carbocycles. The Morgan fingerprint density at radius 3 is 2.39 bits per heavy atom. The van der Waals surface area contributed by atoms with Gasteiger partial charge in [-0.2, -0.15) is 0 Å². The number of rotatable bonds is 14. The maximum Gasteiger partial charge on any atom is 0.407 e. The van der Waals surface area contributed by atoms with E-state index in [1.165, 1.54) is 0 Å². The Balaban J connectivity index is 1.35. The number of hydrazine groups is 1. The number of nitrogens with zero attached hydrogens (tertiary/aromatic N) is 2. The van der Waals surface area contributed by atoms with Crippen LogP contribution in [0.5, 0.6) is 0 Å². The molecule has 3 amide bonds. The molecule has 3 heterocycles. The molecule has 0 saturated carbocycles. The van der Waals surface area contributed by atoms with Gasteiger partial charge in [-0.3, -0.25) is 15.2 Å². The van der Waals surface area contributed by atoms with E-state index in [1.807, 2.05) is 93.6 Å². The summed E-state index contributed by atoms with van der Waals surface area (Å²) in [6.07, 6.45) is -0.632.